The van der Waals surface area contributed by atoms with Gasteiger partial charge >= 0.3 is 6.18 Å². The molecule has 158 valence electrons. The average molecular weight is 449 g/mol. The van der Waals surface area contributed by atoms with Crippen LogP contribution in [0.2, 0.25) is 0 Å². The maximum atomic E-state index is 12.5. The number of rotatable bonds is 6. The number of thiophene rings is 1. The lowest BCUT2D eigenvalue weighted by Crippen LogP contribution is -2.41. The number of halogens is 3. The van der Waals surface area contributed by atoms with Crippen molar-refractivity contribution in [2.45, 2.75) is 23.2 Å². The van der Waals surface area contributed by atoms with Crippen molar-refractivity contribution in [1.29, 1.82) is 0 Å². The van der Waals surface area contributed by atoms with Crippen LogP contribution in [0.1, 0.15) is 12.8 Å². The molecule has 1 amide bonds. The maximum absolute atomic E-state index is 12.5. The van der Waals surface area contributed by atoms with Crippen molar-refractivity contribution in [3.05, 3.63) is 35.8 Å². The number of pyridine rings is 1. The van der Waals surface area contributed by atoms with Crippen molar-refractivity contribution in [1.82, 2.24) is 9.29 Å². The number of hydrogen-bond acceptors (Lipinski definition) is 6. The number of carbonyl (C=O) groups is 1. The molecule has 1 fully saturated rings. The van der Waals surface area contributed by atoms with Gasteiger partial charge in [-0.2, -0.15) is 17.5 Å². The number of piperidine rings is 1. The van der Waals surface area contributed by atoms with Gasteiger partial charge in [-0.3, -0.25) is 4.79 Å². The highest BCUT2D eigenvalue weighted by Crippen LogP contribution is 2.27. The molecule has 12 heteroatoms. The molecule has 0 radical (unpaired) electrons. The predicted molar refractivity (Wildman–Crippen MR) is 100 cm³/mol. The van der Waals surface area contributed by atoms with E-state index in [-0.39, 0.29) is 35.0 Å². The summed E-state index contributed by atoms with van der Waals surface area (Å²) >= 11 is 1.15. The topological polar surface area (TPSA) is 88.6 Å². The second-order valence-electron chi connectivity index (χ2n) is 6.39. The molecule has 0 atom stereocenters. The quantitative estimate of drug-likeness (QED) is 0.732. The van der Waals surface area contributed by atoms with E-state index in [9.17, 15) is 26.4 Å². The van der Waals surface area contributed by atoms with E-state index in [0.717, 1.165) is 11.3 Å². The summed E-state index contributed by atoms with van der Waals surface area (Å²) in [5, 5.41) is 4.34. The fourth-order valence-electron chi connectivity index (χ4n) is 2.84. The molecule has 0 aromatic carbocycles. The number of nitrogens with one attached hydrogen (secondary N) is 1. The summed E-state index contributed by atoms with van der Waals surface area (Å²) in [6.45, 7) is -0.972. The molecule has 3 rings (SSSR count). The Hall–Kier alpha value is -2.18. The van der Waals surface area contributed by atoms with Crippen LogP contribution in [0, 0.1) is 5.92 Å². The van der Waals surface area contributed by atoms with Gasteiger partial charge in [0.1, 0.15) is 4.21 Å². The number of aromatic nitrogens is 1. The number of amides is 1. The Morgan fingerprint density at radius 2 is 2.00 bits per heavy atom. The van der Waals surface area contributed by atoms with Gasteiger partial charge in [0.05, 0.1) is 11.9 Å². The summed E-state index contributed by atoms with van der Waals surface area (Å²) in [6.07, 6.45) is -2.51. The highest BCUT2D eigenvalue weighted by atomic mass is 32.2. The first-order chi connectivity index (χ1) is 13.6. The average Bonchev–Trinajstić information content (AvgIpc) is 3.23. The highest BCUT2D eigenvalue weighted by Gasteiger charge is 2.32. The fraction of sp³-hybridized carbons (Fsp3) is 0.412. The van der Waals surface area contributed by atoms with Gasteiger partial charge in [-0.05, 0) is 30.4 Å². The smallest absolute Gasteiger partial charge is 0.422 e. The van der Waals surface area contributed by atoms with Crippen LogP contribution < -0.4 is 10.1 Å². The maximum Gasteiger partial charge on any atom is 0.422 e. The molecule has 1 aliphatic heterocycles. The number of nitrogens with zero attached hydrogens (tertiary/aromatic N) is 2. The summed E-state index contributed by atoms with van der Waals surface area (Å²) < 4.78 is 67.6. The number of ether oxygens (including phenoxy) is 1. The molecule has 0 aliphatic carbocycles. The molecule has 0 bridgehead atoms. The summed E-state index contributed by atoms with van der Waals surface area (Å²) in [5.74, 6) is -0.859. The van der Waals surface area contributed by atoms with Gasteiger partial charge in [0, 0.05) is 25.1 Å². The van der Waals surface area contributed by atoms with E-state index in [1.165, 1.54) is 22.6 Å². The van der Waals surface area contributed by atoms with Crippen LogP contribution in [-0.4, -0.2) is 49.5 Å². The van der Waals surface area contributed by atoms with Crippen LogP contribution in [0.3, 0.4) is 0 Å². The standard InChI is InChI=1S/C17H18F3N3O4S2/c18-17(19,20)11-27-14-4-3-13(10-21-14)22-16(24)12-5-7-23(8-6-12)29(25,26)15-2-1-9-28-15/h1-4,9-10,12H,5-8,11H2,(H,22,24). The van der Waals surface area contributed by atoms with Gasteiger partial charge in [-0.1, -0.05) is 6.07 Å². The van der Waals surface area contributed by atoms with E-state index >= 15 is 0 Å². The van der Waals surface area contributed by atoms with Crippen molar-refractivity contribution in [3.63, 3.8) is 0 Å². The van der Waals surface area contributed by atoms with Gasteiger partial charge in [-0.25, -0.2) is 13.4 Å². The molecule has 7 nitrogen and oxygen atoms in total. The molecule has 0 spiro atoms. The first-order valence-corrected chi connectivity index (χ1v) is 11.0. The highest BCUT2D eigenvalue weighted by molar-refractivity contribution is 7.91. The minimum Gasteiger partial charge on any atom is -0.468 e. The van der Waals surface area contributed by atoms with Crippen molar-refractivity contribution < 1.29 is 31.1 Å². The molecule has 29 heavy (non-hydrogen) atoms. The lowest BCUT2D eigenvalue weighted by molar-refractivity contribution is -0.154. The molecule has 1 N–H and O–H groups in total. The Kier molecular flexibility index (Phi) is 6.44. The monoisotopic (exact) mass is 449 g/mol. The largest absolute Gasteiger partial charge is 0.468 e. The van der Waals surface area contributed by atoms with Gasteiger partial charge in [-0.15, -0.1) is 11.3 Å². The third-order valence-corrected chi connectivity index (χ3v) is 7.57. The number of alkyl halides is 3. The number of sulfonamides is 1. The molecule has 0 unspecified atom stereocenters. The third kappa shape index (κ3) is 5.67. The Labute approximate surface area is 169 Å². The van der Waals surface area contributed by atoms with Crippen LogP contribution in [0.4, 0.5) is 18.9 Å². The third-order valence-electron chi connectivity index (χ3n) is 4.30. The molecular formula is C17H18F3N3O4S2. The van der Waals surface area contributed by atoms with Crippen molar-refractivity contribution in [3.8, 4) is 5.88 Å². The fourth-order valence-corrected chi connectivity index (χ4v) is 5.45. The first-order valence-electron chi connectivity index (χ1n) is 8.65. The predicted octanol–water partition coefficient (Wildman–Crippen LogP) is 3.12. The summed E-state index contributed by atoms with van der Waals surface area (Å²) in [6, 6.07) is 5.85. The Morgan fingerprint density at radius 3 is 2.55 bits per heavy atom. The summed E-state index contributed by atoms with van der Waals surface area (Å²) in [7, 11) is -3.53. The Bertz CT molecular complexity index is 924. The van der Waals surface area contributed by atoms with Gasteiger partial charge in [0.2, 0.25) is 11.8 Å². The van der Waals surface area contributed by atoms with Crippen molar-refractivity contribution >= 4 is 33.0 Å². The molecule has 3 heterocycles. The second kappa shape index (κ2) is 8.67. The van der Waals surface area contributed by atoms with Gasteiger partial charge < -0.3 is 10.1 Å². The number of carbonyl (C=O) groups excluding carboxylic acids is 1. The number of hydrogen-bond donors (Lipinski definition) is 1. The van der Waals surface area contributed by atoms with Crippen molar-refractivity contribution in [2.24, 2.45) is 5.92 Å². The Balaban J connectivity index is 1.51. The zero-order valence-electron chi connectivity index (χ0n) is 15.1. The Morgan fingerprint density at radius 1 is 1.28 bits per heavy atom. The minimum atomic E-state index is -4.46. The molecule has 1 aliphatic rings. The molecule has 0 saturated carbocycles. The van der Waals surface area contributed by atoms with Gasteiger partial charge in [0.25, 0.3) is 10.0 Å². The normalized spacial score (nSPS) is 16.5. The van der Waals surface area contributed by atoms with Crippen LogP contribution in [-0.2, 0) is 14.8 Å². The van der Waals surface area contributed by atoms with Crippen LogP contribution in [0.5, 0.6) is 5.88 Å². The summed E-state index contributed by atoms with van der Waals surface area (Å²) in [4.78, 5) is 16.1. The molecular weight excluding hydrogens is 431 g/mol. The van der Waals surface area contributed by atoms with E-state index in [2.05, 4.69) is 15.0 Å². The zero-order chi connectivity index (χ0) is 21.1. The minimum absolute atomic E-state index is 0.201. The van der Waals surface area contributed by atoms with E-state index in [1.807, 2.05) is 0 Å². The van der Waals surface area contributed by atoms with Crippen LogP contribution in [0.25, 0.3) is 0 Å². The lowest BCUT2D eigenvalue weighted by atomic mass is 9.97. The number of anilines is 1. The van der Waals surface area contributed by atoms with Crippen LogP contribution in [0.15, 0.2) is 40.1 Å². The first kappa shape index (κ1) is 21.5. The molecule has 2 aromatic rings. The second-order valence-corrected chi connectivity index (χ2v) is 9.50. The summed E-state index contributed by atoms with van der Waals surface area (Å²) in [5.41, 5.74) is 0.322. The molecule has 1 saturated heterocycles. The lowest BCUT2D eigenvalue weighted by Gasteiger charge is -2.30. The zero-order valence-corrected chi connectivity index (χ0v) is 16.7. The van der Waals surface area contributed by atoms with Crippen LogP contribution >= 0.6 is 11.3 Å². The van der Waals surface area contributed by atoms with E-state index < -0.39 is 22.8 Å². The van der Waals surface area contributed by atoms with E-state index in [4.69, 9.17) is 0 Å². The SMILES string of the molecule is O=C(Nc1ccc(OCC(F)(F)F)nc1)C1CCN(S(=O)(=O)c2cccs2)CC1. The van der Waals surface area contributed by atoms with Gasteiger partial charge in [0.15, 0.2) is 6.61 Å². The van der Waals surface area contributed by atoms with Crippen molar-refractivity contribution in [2.75, 3.05) is 25.0 Å². The van der Waals surface area contributed by atoms with E-state index in [1.54, 1.807) is 17.5 Å². The van der Waals surface area contributed by atoms with E-state index in [0.29, 0.717) is 18.5 Å². The molecule has 2 aromatic heterocycles.